The molecule has 1 rings (SSSR count). The molecule has 1 fully saturated rings. The Bertz CT molecular complexity index is 244. The molecule has 3 atom stereocenters. The van der Waals surface area contributed by atoms with Gasteiger partial charge in [-0.2, -0.15) is 0 Å². The number of aliphatic hydroxyl groups is 1. The molecule has 0 aromatic heterocycles. The summed E-state index contributed by atoms with van der Waals surface area (Å²) in [4.78, 5) is 11.2. The van der Waals surface area contributed by atoms with Crippen LogP contribution in [-0.2, 0) is 14.3 Å². The predicted molar refractivity (Wildman–Crippen MR) is 59.7 cm³/mol. The van der Waals surface area contributed by atoms with Crippen LogP contribution in [-0.4, -0.2) is 30.1 Å². The van der Waals surface area contributed by atoms with Crippen molar-refractivity contribution in [2.75, 3.05) is 6.61 Å². The maximum absolute atomic E-state index is 11.2. The minimum atomic E-state index is -0.894. The van der Waals surface area contributed by atoms with Crippen LogP contribution < -0.4 is 0 Å². The lowest BCUT2D eigenvalue weighted by molar-refractivity contribution is -0.180. The second kappa shape index (κ2) is 5.15. The molecule has 0 bridgehead atoms. The van der Waals surface area contributed by atoms with Crippen molar-refractivity contribution in [1.82, 2.24) is 0 Å². The smallest absolute Gasteiger partial charge is 0.335 e. The second-order valence-electron chi connectivity index (χ2n) is 5.71. The van der Waals surface area contributed by atoms with Crippen LogP contribution in [0.4, 0.5) is 0 Å². The molecule has 1 heterocycles. The Kier molecular flexibility index (Phi) is 4.33. The van der Waals surface area contributed by atoms with E-state index in [0.717, 1.165) is 6.42 Å². The first-order valence-corrected chi connectivity index (χ1v) is 5.80. The van der Waals surface area contributed by atoms with Crippen LogP contribution in [0.1, 0.15) is 40.5 Å². The molecular weight excluding hydrogens is 208 g/mol. The molecule has 1 aliphatic rings. The van der Waals surface area contributed by atoms with Crippen LogP contribution >= 0.6 is 0 Å². The van der Waals surface area contributed by atoms with Crippen molar-refractivity contribution >= 4 is 5.97 Å². The van der Waals surface area contributed by atoms with Gasteiger partial charge >= 0.3 is 5.97 Å². The van der Waals surface area contributed by atoms with Crippen LogP contribution in [0.3, 0.4) is 0 Å². The molecule has 1 aliphatic heterocycles. The minimum Gasteiger partial charge on any atom is -0.464 e. The highest BCUT2D eigenvalue weighted by molar-refractivity contribution is 5.76. The maximum Gasteiger partial charge on any atom is 0.335 e. The SMILES string of the molecule is CC(CC(C)(C)C)C(O)OC1CCOC1=O. The third kappa shape index (κ3) is 4.10. The number of hydrogen-bond acceptors (Lipinski definition) is 4. The number of aliphatic hydroxyl groups excluding tert-OH is 1. The molecule has 3 unspecified atom stereocenters. The lowest BCUT2D eigenvalue weighted by atomic mass is 9.85. The molecule has 1 N–H and O–H groups in total. The summed E-state index contributed by atoms with van der Waals surface area (Å²) in [7, 11) is 0. The number of cyclic esters (lactones) is 1. The molecule has 0 aliphatic carbocycles. The highest BCUT2D eigenvalue weighted by Gasteiger charge is 2.32. The van der Waals surface area contributed by atoms with Gasteiger partial charge < -0.3 is 14.6 Å². The first-order chi connectivity index (χ1) is 7.29. The molecule has 1 saturated heterocycles. The van der Waals surface area contributed by atoms with Crippen LogP contribution in [0, 0.1) is 11.3 Å². The normalized spacial score (nSPS) is 25.3. The Balaban J connectivity index is 2.39. The van der Waals surface area contributed by atoms with E-state index in [9.17, 15) is 9.90 Å². The molecule has 0 aromatic carbocycles. The minimum absolute atomic E-state index is 0.00778. The van der Waals surface area contributed by atoms with E-state index < -0.39 is 12.4 Å². The average Bonchev–Trinajstić information content (AvgIpc) is 2.49. The maximum atomic E-state index is 11.2. The topological polar surface area (TPSA) is 55.8 Å². The molecular formula is C12H22O4. The van der Waals surface area contributed by atoms with Crippen LogP contribution in [0.5, 0.6) is 0 Å². The summed E-state index contributed by atoms with van der Waals surface area (Å²) in [5.74, 6) is -0.351. The highest BCUT2D eigenvalue weighted by atomic mass is 16.6. The van der Waals surface area contributed by atoms with Crippen LogP contribution in [0.25, 0.3) is 0 Å². The lowest BCUT2D eigenvalue weighted by Gasteiger charge is -2.27. The summed E-state index contributed by atoms with van der Waals surface area (Å²) in [6.07, 6.45) is -0.0964. The van der Waals surface area contributed by atoms with Crippen molar-refractivity contribution in [3.8, 4) is 0 Å². The van der Waals surface area contributed by atoms with Crippen molar-refractivity contribution in [2.45, 2.75) is 52.9 Å². The van der Waals surface area contributed by atoms with E-state index in [4.69, 9.17) is 9.47 Å². The van der Waals surface area contributed by atoms with E-state index in [0.29, 0.717) is 13.0 Å². The summed E-state index contributed by atoms with van der Waals surface area (Å²) in [6.45, 7) is 8.65. The number of rotatable bonds is 4. The van der Waals surface area contributed by atoms with E-state index in [2.05, 4.69) is 20.8 Å². The van der Waals surface area contributed by atoms with Crippen LogP contribution in [0.2, 0.25) is 0 Å². The van der Waals surface area contributed by atoms with Gasteiger partial charge in [-0.3, -0.25) is 0 Å². The van der Waals surface area contributed by atoms with Gasteiger partial charge in [-0.25, -0.2) is 4.79 Å². The summed E-state index contributed by atoms with van der Waals surface area (Å²) < 4.78 is 10.1. The Hall–Kier alpha value is -0.610. The molecule has 0 amide bonds. The monoisotopic (exact) mass is 230 g/mol. The highest BCUT2D eigenvalue weighted by Crippen LogP contribution is 2.27. The summed E-state index contributed by atoms with van der Waals surface area (Å²) in [6, 6.07) is 0. The van der Waals surface area contributed by atoms with E-state index in [-0.39, 0.29) is 17.3 Å². The average molecular weight is 230 g/mol. The molecule has 0 aromatic rings. The zero-order chi connectivity index (χ0) is 12.3. The van der Waals surface area contributed by atoms with Gasteiger partial charge in [-0.1, -0.05) is 27.7 Å². The van der Waals surface area contributed by atoms with Crippen molar-refractivity contribution in [1.29, 1.82) is 0 Å². The van der Waals surface area contributed by atoms with Gasteiger partial charge in [0, 0.05) is 12.3 Å². The van der Waals surface area contributed by atoms with E-state index in [1.807, 2.05) is 6.92 Å². The van der Waals surface area contributed by atoms with Gasteiger partial charge in [0.25, 0.3) is 0 Å². The molecule has 0 saturated carbocycles. The van der Waals surface area contributed by atoms with E-state index in [1.165, 1.54) is 0 Å². The molecule has 4 nitrogen and oxygen atoms in total. The molecule has 0 spiro atoms. The van der Waals surface area contributed by atoms with Gasteiger partial charge in [0.2, 0.25) is 0 Å². The zero-order valence-corrected chi connectivity index (χ0v) is 10.5. The fraction of sp³-hybridized carbons (Fsp3) is 0.917. The van der Waals surface area contributed by atoms with Gasteiger partial charge in [0.1, 0.15) is 0 Å². The summed E-state index contributed by atoms with van der Waals surface area (Å²) in [5.41, 5.74) is 0.139. The van der Waals surface area contributed by atoms with Crippen LogP contribution in [0.15, 0.2) is 0 Å². The molecule has 94 valence electrons. The zero-order valence-electron chi connectivity index (χ0n) is 10.5. The van der Waals surface area contributed by atoms with Crippen molar-refractivity contribution in [2.24, 2.45) is 11.3 Å². The fourth-order valence-corrected chi connectivity index (χ4v) is 1.97. The predicted octanol–water partition coefficient (Wildman–Crippen LogP) is 1.71. The third-order valence-electron chi connectivity index (χ3n) is 2.61. The Morgan fingerprint density at radius 2 is 2.19 bits per heavy atom. The Morgan fingerprint density at radius 3 is 2.62 bits per heavy atom. The van der Waals surface area contributed by atoms with Crippen molar-refractivity contribution in [3.05, 3.63) is 0 Å². The molecule has 16 heavy (non-hydrogen) atoms. The number of carbonyl (C=O) groups excluding carboxylic acids is 1. The van der Waals surface area contributed by atoms with Gasteiger partial charge in [-0.15, -0.1) is 0 Å². The molecule has 4 heteroatoms. The summed E-state index contributed by atoms with van der Waals surface area (Å²) in [5, 5.41) is 9.83. The van der Waals surface area contributed by atoms with Gasteiger partial charge in [0.15, 0.2) is 12.4 Å². The first kappa shape index (κ1) is 13.5. The quantitative estimate of drug-likeness (QED) is 0.590. The lowest BCUT2D eigenvalue weighted by Crippen LogP contribution is -2.31. The Morgan fingerprint density at radius 1 is 1.56 bits per heavy atom. The summed E-state index contributed by atoms with van der Waals surface area (Å²) >= 11 is 0. The Labute approximate surface area is 96.9 Å². The number of hydrogen-bond donors (Lipinski definition) is 1. The van der Waals surface area contributed by atoms with Gasteiger partial charge in [-0.05, 0) is 11.8 Å². The number of carbonyl (C=O) groups is 1. The van der Waals surface area contributed by atoms with E-state index in [1.54, 1.807) is 0 Å². The number of ether oxygens (including phenoxy) is 2. The second-order valence-corrected chi connectivity index (χ2v) is 5.71. The van der Waals surface area contributed by atoms with E-state index >= 15 is 0 Å². The van der Waals surface area contributed by atoms with Gasteiger partial charge in [0.05, 0.1) is 6.61 Å². The first-order valence-electron chi connectivity index (χ1n) is 5.80. The standard InChI is InChI=1S/C12H22O4/c1-8(7-12(2,3)4)10(13)16-9-5-6-15-11(9)14/h8-10,13H,5-7H2,1-4H3. The largest absolute Gasteiger partial charge is 0.464 e. The fourth-order valence-electron chi connectivity index (χ4n) is 1.97. The van der Waals surface area contributed by atoms with Crippen molar-refractivity contribution < 1.29 is 19.4 Å². The number of esters is 1. The molecule has 0 radical (unpaired) electrons. The third-order valence-corrected chi connectivity index (χ3v) is 2.61. The van der Waals surface area contributed by atoms with Crippen molar-refractivity contribution in [3.63, 3.8) is 0 Å².